The standard InChI is InChI=1S/C9H10O4.C9H10O2/c1-12-7-3-6(5-10)4-8(13-2)9(7)11;1-3-7-4-5-8(10)9(6-7)11-2/h3-5,11H,1-2H3;3-6,10H,1H2,2H3. The molecule has 2 rings (SSSR count). The van der Waals surface area contributed by atoms with Crippen LogP contribution < -0.4 is 14.2 Å². The molecule has 0 aliphatic carbocycles. The zero-order valence-electron chi connectivity index (χ0n) is 13.8. The topological polar surface area (TPSA) is 85.2 Å². The SMILES string of the molecule is C=Cc1ccc(O)c(OC)c1.COc1cc(C=O)cc(OC)c1O. The van der Waals surface area contributed by atoms with E-state index in [-0.39, 0.29) is 23.0 Å². The Bertz CT molecular complexity index is 684. The van der Waals surface area contributed by atoms with Gasteiger partial charge in [-0.05, 0) is 29.8 Å². The Labute approximate surface area is 140 Å². The molecule has 0 aromatic heterocycles. The molecule has 0 saturated carbocycles. The van der Waals surface area contributed by atoms with Crippen molar-refractivity contribution < 1.29 is 29.2 Å². The minimum absolute atomic E-state index is 0.101. The first kappa shape index (κ1) is 18.9. The van der Waals surface area contributed by atoms with E-state index in [9.17, 15) is 15.0 Å². The van der Waals surface area contributed by atoms with Crippen LogP contribution in [0.2, 0.25) is 0 Å². The molecule has 6 heteroatoms. The molecule has 0 bridgehead atoms. The van der Waals surface area contributed by atoms with E-state index < -0.39 is 0 Å². The quantitative estimate of drug-likeness (QED) is 0.818. The maximum atomic E-state index is 10.5. The molecule has 0 aliphatic heterocycles. The lowest BCUT2D eigenvalue weighted by atomic mass is 10.2. The van der Waals surface area contributed by atoms with Gasteiger partial charge >= 0.3 is 0 Å². The summed E-state index contributed by atoms with van der Waals surface area (Å²) in [4.78, 5) is 10.5. The third-order valence-electron chi connectivity index (χ3n) is 3.08. The molecule has 0 atom stereocenters. The van der Waals surface area contributed by atoms with Crippen molar-refractivity contribution in [1.82, 2.24) is 0 Å². The third-order valence-corrected chi connectivity index (χ3v) is 3.08. The van der Waals surface area contributed by atoms with E-state index in [1.807, 2.05) is 0 Å². The maximum Gasteiger partial charge on any atom is 0.200 e. The zero-order chi connectivity index (χ0) is 18.1. The number of hydrogen-bond donors (Lipinski definition) is 2. The monoisotopic (exact) mass is 332 g/mol. The van der Waals surface area contributed by atoms with Crippen molar-refractivity contribution in [2.45, 2.75) is 0 Å². The zero-order valence-corrected chi connectivity index (χ0v) is 13.8. The first-order valence-corrected chi connectivity index (χ1v) is 6.90. The van der Waals surface area contributed by atoms with E-state index in [2.05, 4.69) is 6.58 Å². The van der Waals surface area contributed by atoms with Crippen LogP contribution >= 0.6 is 0 Å². The molecular formula is C18H20O6. The van der Waals surface area contributed by atoms with Crippen LogP contribution in [0.15, 0.2) is 36.9 Å². The molecule has 2 aromatic carbocycles. The number of rotatable bonds is 5. The van der Waals surface area contributed by atoms with Gasteiger partial charge in [0, 0.05) is 5.56 Å². The van der Waals surface area contributed by atoms with Crippen LogP contribution in [-0.2, 0) is 0 Å². The highest BCUT2D eigenvalue weighted by atomic mass is 16.5. The van der Waals surface area contributed by atoms with Gasteiger partial charge in [-0.15, -0.1) is 0 Å². The van der Waals surface area contributed by atoms with Crippen LogP contribution in [0, 0.1) is 0 Å². The number of aromatic hydroxyl groups is 2. The second-order valence-electron chi connectivity index (χ2n) is 4.53. The predicted octanol–water partition coefficient (Wildman–Crippen LogP) is 3.27. The molecule has 0 aliphatic rings. The van der Waals surface area contributed by atoms with Crippen LogP contribution in [0.5, 0.6) is 28.7 Å². The number of carbonyl (C=O) groups excluding carboxylic acids is 1. The number of ether oxygens (including phenoxy) is 3. The van der Waals surface area contributed by atoms with Crippen molar-refractivity contribution >= 4 is 12.4 Å². The van der Waals surface area contributed by atoms with Crippen LogP contribution in [0.25, 0.3) is 6.08 Å². The van der Waals surface area contributed by atoms with E-state index in [4.69, 9.17) is 14.2 Å². The van der Waals surface area contributed by atoms with Crippen molar-refractivity contribution in [2.24, 2.45) is 0 Å². The Morgan fingerprint density at radius 1 is 0.875 bits per heavy atom. The second kappa shape index (κ2) is 9.09. The number of carbonyl (C=O) groups is 1. The lowest BCUT2D eigenvalue weighted by molar-refractivity contribution is 0.112. The van der Waals surface area contributed by atoms with Crippen molar-refractivity contribution in [1.29, 1.82) is 0 Å². The van der Waals surface area contributed by atoms with Gasteiger partial charge in [-0.3, -0.25) is 4.79 Å². The Balaban J connectivity index is 0.000000243. The summed E-state index contributed by atoms with van der Waals surface area (Å²) >= 11 is 0. The summed E-state index contributed by atoms with van der Waals surface area (Å²) in [5, 5.41) is 18.6. The van der Waals surface area contributed by atoms with Crippen molar-refractivity contribution in [3.05, 3.63) is 48.0 Å². The molecule has 2 N–H and O–H groups in total. The summed E-state index contributed by atoms with van der Waals surface area (Å²) in [5.74, 6) is 0.971. The summed E-state index contributed by atoms with van der Waals surface area (Å²) in [6.07, 6.45) is 2.35. The van der Waals surface area contributed by atoms with Crippen molar-refractivity contribution in [3.8, 4) is 28.7 Å². The van der Waals surface area contributed by atoms with Gasteiger partial charge in [0.05, 0.1) is 21.3 Å². The Morgan fingerprint density at radius 2 is 1.38 bits per heavy atom. The smallest absolute Gasteiger partial charge is 0.200 e. The van der Waals surface area contributed by atoms with Crippen LogP contribution in [0.4, 0.5) is 0 Å². The van der Waals surface area contributed by atoms with Gasteiger partial charge in [-0.25, -0.2) is 0 Å². The number of benzene rings is 2. The minimum Gasteiger partial charge on any atom is -0.504 e. The van der Waals surface area contributed by atoms with Crippen LogP contribution in [-0.4, -0.2) is 37.8 Å². The number of hydrogen-bond acceptors (Lipinski definition) is 6. The van der Waals surface area contributed by atoms with Gasteiger partial charge in [0.25, 0.3) is 0 Å². The van der Waals surface area contributed by atoms with Gasteiger partial charge in [-0.2, -0.15) is 0 Å². The highest BCUT2D eigenvalue weighted by molar-refractivity contribution is 5.78. The Kier molecular flexibility index (Phi) is 7.16. The van der Waals surface area contributed by atoms with Crippen LogP contribution in [0.1, 0.15) is 15.9 Å². The highest BCUT2D eigenvalue weighted by Gasteiger charge is 2.10. The Morgan fingerprint density at radius 3 is 1.79 bits per heavy atom. The van der Waals surface area contributed by atoms with Gasteiger partial charge in [-0.1, -0.05) is 18.7 Å². The molecule has 0 fully saturated rings. The summed E-state index contributed by atoms with van der Waals surface area (Å²) in [5.41, 5.74) is 1.33. The second-order valence-corrected chi connectivity index (χ2v) is 4.53. The lowest BCUT2D eigenvalue weighted by Gasteiger charge is -2.08. The molecule has 128 valence electrons. The van der Waals surface area contributed by atoms with E-state index in [0.717, 1.165) is 5.56 Å². The summed E-state index contributed by atoms with van der Waals surface area (Å²) in [6.45, 7) is 3.60. The molecule has 0 amide bonds. The number of aldehydes is 1. The van der Waals surface area contributed by atoms with E-state index in [0.29, 0.717) is 17.6 Å². The van der Waals surface area contributed by atoms with E-state index in [1.165, 1.54) is 33.5 Å². The summed E-state index contributed by atoms with van der Waals surface area (Å²) < 4.78 is 14.6. The van der Waals surface area contributed by atoms with Gasteiger partial charge in [0.2, 0.25) is 5.75 Å². The fourth-order valence-corrected chi connectivity index (χ4v) is 1.80. The first-order valence-electron chi connectivity index (χ1n) is 6.90. The molecular weight excluding hydrogens is 312 g/mol. The Hall–Kier alpha value is -3.15. The van der Waals surface area contributed by atoms with Crippen molar-refractivity contribution in [3.63, 3.8) is 0 Å². The number of phenolic OH excluding ortho intramolecular Hbond substituents is 2. The largest absolute Gasteiger partial charge is 0.504 e. The molecule has 2 aromatic rings. The maximum absolute atomic E-state index is 10.5. The molecule has 0 unspecified atom stereocenters. The molecule has 6 nitrogen and oxygen atoms in total. The van der Waals surface area contributed by atoms with Gasteiger partial charge in [0.1, 0.15) is 6.29 Å². The van der Waals surface area contributed by atoms with Gasteiger partial charge < -0.3 is 24.4 Å². The molecule has 0 saturated heterocycles. The highest BCUT2D eigenvalue weighted by Crippen LogP contribution is 2.36. The fraction of sp³-hybridized carbons (Fsp3) is 0.167. The molecule has 0 spiro atoms. The minimum atomic E-state index is -0.101. The normalized spacial score (nSPS) is 9.29. The van der Waals surface area contributed by atoms with Crippen LogP contribution in [0.3, 0.4) is 0 Å². The lowest BCUT2D eigenvalue weighted by Crippen LogP contribution is -1.91. The molecule has 0 radical (unpaired) electrons. The molecule has 24 heavy (non-hydrogen) atoms. The van der Waals surface area contributed by atoms with E-state index >= 15 is 0 Å². The third kappa shape index (κ3) is 4.67. The fourth-order valence-electron chi connectivity index (χ4n) is 1.80. The number of methoxy groups -OCH3 is 3. The first-order chi connectivity index (χ1) is 11.5. The average Bonchev–Trinajstić information content (AvgIpc) is 2.62. The van der Waals surface area contributed by atoms with Gasteiger partial charge in [0.15, 0.2) is 23.0 Å². The molecule has 0 heterocycles. The summed E-state index contributed by atoms with van der Waals surface area (Å²) in [6, 6.07) is 7.94. The average molecular weight is 332 g/mol. The summed E-state index contributed by atoms with van der Waals surface area (Å²) in [7, 11) is 4.33. The van der Waals surface area contributed by atoms with Crippen molar-refractivity contribution in [2.75, 3.05) is 21.3 Å². The predicted molar refractivity (Wildman–Crippen MR) is 91.3 cm³/mol. The number of phenols is 2. The van der Waals surface area contributed by atoms with E-state index in [1.54, 1.807) is 24.3 Å².